The van der Waals surface area contributed by atoms with E-state index in [1.807, 2.05) is 32.0 Å². The molecule has 20 heavy (non-hydrogen) atoms. The van der Waals surface area contributed by atoms with Crippen LogP contribution in [0.15, 0.2) is 34.5 Å². The Morgan fingerprint density at radius 3 is 2.90 bits per heavy atom. The average Bonchev–Trinajstić information content (AvgIpc) is 2.75. The van der Waals surface area contributed by atoms with Gasteiger partial charge < -0.3 is 9.84 Å². The van der Waals surface area contributed by atoms with Crippen molar-refractivity contribution in [1.82, 2.24) is 0 Å². The van der Waals surface area contributed by atoms with Crippen molar-refractivity contribution in [1.29, 1.82) is 0 Å². The number of carbonyl (C=O) groups is 1. The normalized spacial score (nSPS) is 16.9. The Hall–Kier alpha value is -1.75. The molecule has 0 bridgehead atoms. The van der Waals surface area contributed by atoms with Gasteiger partial charge in [-0.15, -0.1) is 0 Å². The van der Waals surface area contributed by atoms with E-state index in [0.29, 0.717) is 10.8 Å². The third-order valence-electron chi connectivity index (χ3n) is 2.91. The molecule has 0 spiro atoms. The maximum atomic E-state index is 11.9. The Morgan fingerprint density at radius 1 is 1.45 bits per heavy atom. The fourth-order valence-corrected chi connectivity index (χ4v) is 2.78. The van der Waals surface area contributed by atoms with Gasteiger partial charge in [-0.1, -0.05) is 23.9 Å². The Bertz CT molecular complexity index is 605. The number of aliphatic imine (C=N–C) groups is 1. The fourth-order valence-electron chi connectivity index (χ4n) is 1.85. The lowest BCUT2D eigenvalue weighted by atomic mass is 10.1. The molecule has 2 rings (SSSR count). The predicted octanol–water partition coefficient (Wildman–Crippen LogP) is 3.46. The van der Waals surface area contributed by atoms with E-state index in [2.05, 4.69) is 4.99 Å². The van der Waals surface area contributed by atoms with Crippen molar-refractivity contribution < 1.29 is 14.6 Å². The SMILES string of the molecule is CCOC(=O)C1=C(O)CSC1=Nc1cc(C)ccc1C. The van der Waals surface area contributed by atoms with Crippen LogP contribution in [-0.2, 0) is 9.53 Å². The number of hydrogen-bond donors (Lipinski definition) is 1. The second kappa shape index (κ2) is 6.13. The first-order valence-corrected chi connectivity index (χ1v) is 7.39. The molecule has 1 aromatic carbocycles. The van der Waals surface area contributed by atoms with Crippen LogP contribution in [0, 0.1) is 13.8 Å². The van der Waals surface area contributed by atoms with Crippen LogP contribution in [0.4, 0.5) is 5.69 Å². The van der Waals surface area contributed by atoms with Crippen LogP contribution in [0.5, 0.6) is 0 Å². The topological polar surface area (TPSA) is 58.9 Å². The van der Waals surface area contributed by atoms with Crippen molar-refractivity contribution >= 4 is 28.5 Å². The molecule has 1 heterocycles. The lowest BCUT2D eigenvalue weighted by Gasteiger charge is -2.06. The molecule has 5 heteroatoms. The Morgan fingerprint density at radius 2 is 2.20 bits per heavy atom. The molecule has 0 aromatic heterocycles. The summed E-state index contributed by atoms with van der Waals surface area (Å²) in [5, 5.41) is 10.4. The molecule has 0 aliphatic carbocycles. The smallest absolute Gasteiger partial charge is 0.344 e. The summed E-state index contributed by atoms with van der Waals surface area (Å²) in [6, 6.07) is 5.96. The highest BCUT2D eigenvalue weighted by molar-refractivity contribution is 8.15. The maximum absolute atomic E-state index is 11.9. The zero-order chi connectivity index (χ0) is 14.7. The third-order valence-corrected chi connectivity index (χ3v) is 3.90. The second-order valence-corrected chi connectivity index (χ2v) is 5.50. The van der Waals surface area contributed by atoms with Crippen molar-refractivity contribution in [3.05, 3.63) is 40.7 Å². The van der Waals surface area contributed by atoms with E-state index < -0.39 is 5.97 Å². The highest BCUT2D eigenvalue weighted by atomic mass is 32.2. The monoisotopic (exact) mass is 291 g/mol. The van der Waals surface area contributed by atoms with E-state index in [1.54, 1.807) is 6.92 Å². The van der Waals surface area contributed by atoms with E-state index in [9.17, 15) is 9.90 Å². The minimum atomic E-state index is -0.515. The average molecular weight is 291 g/mol. The summed E-state index contributed by atoms with van der Waals surface area (Å²) in [5.41, 5.74) is 3.13. The molecular weight excluding hydrogens is 274 g/mol. The van der Waals surface area contributed by atoms with Crippen molar-refractivity contribution in [2.45, 2.75) is 20.8 Å². The van der Waals surface area contributed by atoms with E-state index in [0.717, 1.165) is 16.8 Å². The molecular formula is C15H17NO3S. The Balaban J connectivity index is 2.39. The van der Waals surface area contributed by atoms with Crippen LogP contribution < -0.4 is 0 Å². The molecule has 0 amide bonds. The third kappa shape index (κ3) is 3.04. The highest BCUT2D eigenvalue weighted by Gasteiger charge is 2.29. The molecule has 0 atom stereocenters. The van der Waals surface area contributed by atoms with Crippen LogP contribution in [0.1, 0.15) is 18.1 Å². The standard InChI is InChI=1S/C15H17NO3S/c1-4-19-15(18)13-12(17)8-20-14(13)16-11-7-9(2)5-6-10(11)3/h5-7,17H,4,8H2,1-3H3. The van der Waals surface area contributed by atoms with Gasteiger partial charge in [-0.2, -0.15) is 0 Å². The molecule has 106 valence electrons. The largest absolute Gasteiger partial charge is 0.510 e. The number of aliphatic hydroxyl groups is 1. The first kappa shape index (κ1) is 14.7. The minimum Gasteiger partial charge on any atom is -0.510 e. The number of carbonyl (C=O) groups excluding carboxylic acids is 1. The highest BCUT2D eigenvalue weighted by Crippen LogP contribution is 2.31. The Kier molecular flexibility index (Phi) is 4.49. The van der Waals surface area contributed by atoms with Crippen LogP contribution in [0.2, 0.25) is 0 Å². The number of benzene rings is 1. The van der Waals surface area contributed by atoms with Crippen LogP contribution >= 0.6 is 11.8 Å². The van der Waals surface area contributed by atoms with Gasteiger partial charge in [0.15, 0.2) is 0 Å². The number of thioether (sulfide) groups is 1. The van der Waals surface area contributed by atoms with E-state index in [1.165, 1.54) is 11.8 Å². The van der Waals surface area contributed by atoms with Gasteiger partial charge in [-0.3, -0.25) is 0 Å². The van der Waals surface area contributed by atoms with Crippen molar-refractivity contribution in [3.8, 4) is 0 Å². The van der Waals surface area contributed by atoms with E-state index in [-0.39, 0.29) is 17.9 Å². The van der Waals surface area contributed by atoms with Gasteiger partial charge in [-0.25, -0.2) is 9.79 Å². The van der Waals surface area contributed by atoms with Crippen LogP contribution in [-0.4, -0.2) is 28.5 Å². The summed E-state index contributed by atoms with van der Waals surface area (Å²) in [4.78, 5) is 16.4. The summed E-state index contributed by atoms with van der Waals surface area (Å²) in [5.74, 6) is -0.116. The van der Waals surface area contributed by atoms with Crippen molar-refractivity contribution in [2.75, 3.05) is 12.4 Å². The minimum absolute atomic E-state index is 0.0394. The number of hydrogen-bond acceptors (Lipinski definition) is 5. The molecule has 0 radical (unpaired) electrons. The second-order valence-electron chi connectivity index (χ2n) is 4.54. The molecule has 0 saturated heterocycles. The predicted molar refractivity (Wildman–Crippen MR) is 81.8 cm³/mol. The molecule has 0 unspecified atom stereocenters. The summed E-state index contributed by atoms with van der Waals surface area (Å²) < 4.78 is 4.97. The lowest BCUT2D eigenvalue weighted by Crippen LogP contribution is -2.13. The zero-order valence-corrected chi connectivity index (χ0v) is 12.6. The van der Waals surface area contributed by atoms with Gasteiger partial charge in [0.1, 0.15) is 16.4 Å². The van der Waals surface area contributed by atoms with Crippen LogP contribution in [0.25, 0.3) is 0 Å². The van der Waals surface area contributed by atoms with Gasteiger partial charge in [0.2, 0.25) is 0 Å². The van der Waals surface area contributed by atoms with Crippen LogP contribution in [0.3, 0.4) is 0 Å². The zero-order valence-electron chi connectivity index (χ0n) is 11.8. The van der Waals surface area contributed by atoms with Crippen molar-refractivity contribution in [3.63, 3.8) is 0 Å². The number of esters is 1. The quantitative estimate of drug-likeness (QED) is 0.866. The lowest BCUT2D eigenvalue weighted by molar-refractivity contribution is -0.138. The summed E-state index contributed by atoms with van der Waals surface area (Å²) in [6.45, 7) is 5.96. The molecule has 1 aromatic rings. The van der Waals surface area contributed by atoms with Gasteiger partial charge in [-0.05, 0) is 38.0 Å². The van der Waals surface area contributed by atoms with Gasteiger partial charge in [0, 0.05) is 0 Å². The molecule has 0 fully saturated rings. The number of ether oxygens (including phenoxy) is 1. The summed E-state index contributed by atoms with van der Waals surface area (Å²) >= 11 is 1.35. The molecule has 1 N–H and O–H groups in total. The van der Waals surface area contributed by atoms with Crippen molar-refractivity contribution in [2.24, 2.45) is 4.99 Å². The molecule has 1 aliphatic rings. The number of rotatable bonds is 3. The maximum Gasteiger partial charge on any atom is 0.344 e. The fraction of sp³-hybridized carbons (Fsp3) is 0.333. The number of nitrogens with zero attached hydrogens (tertiary/aromatic N) is 1. The Labute approximate surface area is 122 Å². The molecule has 4 nitrogen and oxygen atoms in total. The number of aryl methyl sites for hydroxylation is 2. The van der Waals surface area contributed by atoms with Gasteiger partial charge in [0.05, 0.1) is 18.0 Å². The van der Waals surface area contributed by atoms with Gasteiger partial charge >= 0.3 is 5.97 Å². The summed E-state index contributed by atoms with van der Waals surface area (Å²) in [7, 11) is 0. The first-order valence-electron chi connectivity index (χ1n) is 6.41. The van der Waals surface area contributed by atoms with E-state index >= 15 is 0 Å². The van der Waals surface area contributed by atoms with Gasteiger partial charge in [0.25, 0.3) is 0 Å². The first-order chi connectivity index (χ1) is 9.52. The summed E-state index contributed by atoms with van der Waals surface area (Å²) in [6.07, 6.45) is 0. The number of aliphatic hydroxyl groups excluding tert-OH is 1. The molecule has 0 saturated carbocycles. The molecule has 1 aliphatic heterocycles. The van der Waals surface area contributed by atoms with E-state index in [4.69, 9.17) is 4.74 Å².